The van der Waals surface area contributed by atoms with E-state index in [-0.39, 0.29) is 23.9 Å². The monoisotopic (exact) mass is 334 g/mol. The van der Waals surface area contributed by atoms with Crippen LogP contribution >= 0.6 is 0 Å². The second kappa shape index (κ2) is 7.07. The SMILES string of the molecule is CCCCOc1ccc2c(c1F)COc1c-2ccc(OCC)c1F. The maximum absolute atomic E-state index is 14.7. The number of halogens is 2. The highest BCUT2D eigenvalue weighted by Gasteiger charge is 2.26. The average Bonchev–Trinajstić information content (AvgIpc) is 2.59. The number of fused-ring (bicyclic) bond motifs is 3. The summed E-state index contributed by atoms with van der Waals surface area (Å²) in [6, 6.07) is 6.58. The van der Waals surface area contributed by atoms with E-state index >= 15 is 0 Å². The van der Waals surface area contributed by atoms with Crippen LogP contribution in [0.4, 0.5) is 8.78 Å². The fraction of sp³-hybridized carbons (Fsp3) is 0.368. The molecular formula is C19H20F2O3. The minimum atomic E-state index is -0.552. The standard InChI is InChI=1S/C19H20F2O3/c1-3-5-10-23-15-8-6-12-13-7-9-16(22-4-2)18(21)19(13)24-11-14(12)17(15)20/h6-9H,3-5,10-11H2,1-2H3. The van der Waals surface area contributed by atoms with E-state index in [9.17, 15) is 8.78 Å². The van der Waals surface area contributed by atoms with Gasteiger partial charge in [-0.3, -0.25) is 0 Å². The molecule has 1 aliphatic heterocycles. The Morgan fingerprint density at radius 1 is 0.958 bits per heavy atom. The molecule has 1 aliphatic rings. The summed E-state index contributed by atoms with van der Waals surface area (Å²) >= 11 is 0. The summed E-state index contributed by atoms with van der Waals surface area (Å²) < 4.78 is 45.3. The number of hydrogen-bond acceptors (Lipinski definition) is 3. The van der Waals surface area contributed by atoms with Crippen molar-refractivity contribution < 1.29 is 23.0 Å². The molecule has 0 saturated heterocycles. The Kier molecular flexibility index (Phi) is 4.88. The molecule has 2 aromatic carbocycles. The van der Waals surface area contributed by atoms with Gasteiger partial charge in [0.05, 0.1) is 13.2 Å². The molecule has 0 fully saturated rings. The minimum absolute atomic E-state index is 0.0361. The third-order valence-corrected chi connectivity index (χ3v) is 3.98. The molecule has 0 atom stereocenters. The molecule has 0 aliphatic carbocycles. The van der Waals surface area contributed by atoms with Gasteiger partial charge in [-0.2, -0.15) is 4.39 Å². The van der Waals surface area contributed by atoms with E-state index in [0.29, 0.717) is 29.9 Å². The van der Waals surface area contributed by atoms with E-state index < -0.39 is 11.6 Å². The summed E-state index contributed by atoms with van der Waals surface area (Å²) in [5.41, 5.74) is 1.54. The molecular weight excluding hydrogens is 314 g/mol. The van der Waals surface area contributed by atoms with Gasteiger partial charge in [0.25, 0.3) is 0 Å². The molecule has 0 unspecified atom stereocenters. The van der Waals surface area contributed by atoms with Crippen molar-refractivity contribution in [3.05, 3.63) is 41.5 Å². The highest BCUT2D eigenvalue weighted by molar-refractivity contribution is 5.77. The Morgan fingerprint density at radius 2 is 1.67 bits per heavy atom. The van der Waals surface area contributed by atoms with Gasteiger partial charge in [-0.05, 0) is 43.2 Å². The number of unbranched alkanes of at least 4 members (excludes halogenated alkanes) is 1. The van der Waals surface area contributed by atoms with Crippen molar-refractivity contribution in [3.63, 3.8) is 0 Å². The van der Waals surface area contributed by atoms with E-state index in [4.69, 9.17) is 14.2 Å². The van der Waals surface area contributed by atoms with Crippen molar-refractivity contribution >= 4 is 0 Å². The molecule has 0 N–H and O–H groups in total. The maximum Gasteiger partial charge on any atom is 0.207 e. The van der Waals surface area contributed by atoms with E-state index in [0.717, 1.165) is 12.8 Å². The van der Waals surface area contributed by atoms with Crippen LogP contribution in [0.3, 0.4) is 0 Å². The van der Waals surface area contributed by atoms with Crippen LogP contribution in [0.15, 0.2) is 24.3 Å². The first-order chi connectivity index (χ1) is 11.7. The van der Waals surface area contributed by atoms with Crippen molar-refractivity contribution in [3.8, 4) is 28.4 Å². The quantitative estimate of drug-likeness (QED) is 0.688. The number of benzene rings is 2. The normalized spacial score (nSPS) is 12.2. The molecule has 3 nitrogen and oxygen atoms in total. The van der Waals surface area contributed by atoms with Gasteiger partial charge in [0.1, 0.15) is 6.61 Å². The lowest BCUT2D eigenvalue weighted by Crippen LogP contribution is -2.11. The summed E-state index contributed by atoms with van der Waals surface area (Å²) in [6.45, 7) is 4.62. The van der Waals surface area contributed by atoms with Gasteiger partial charge in [-0.1, -0.05) is 13.3 Å². The molecule has 5 heteroatoms. The summed E-state index contributed by atoms with van der Waals surface area (Å²) in [4.78, 5) is 0. The molecule has 0 aromatic heterocycles. The number of hydrogen-bond donors (Lipinski definition) is 0. The van der Waals surface area contributed by atoms with Gasteiger partial charge in [-0.15, -0.1) is 0 Å². The molecule has 0 spiro atoms. The maximum atomic E-state index is 14.7. The van der Waals surface area contributed by atoms with Gasteiger partial charge in [0.15, 0.2) is 23.1 Å². The second-order valence-corrected chi connectivity index (χ2v) is 5.58. The largest absolute Gasteiger partial charge is 0.491 e. The van der Waals surface area contributed by atoms with Crippen molar-refractivity contribution in [2.24, 2.45) is 0 Å². The minimum Gasteiger partial charge on any atom is -0.491 e. The summed E-state index contributed by atoms with van der Waals surface area (Å²) in [6.07, 6.45) is 1.84. The van der Waals surface area contributed by atoms with Crippen LogP contribution < -0.4 is 14.2 Å². The highest BCUT2D eigenvalue weighted by atomic mass is 19.1. The zero-order valence-electron chi connectivity index (χ0n) is 13.8. The van der Waals surface area contributed by atoms with Crippen LogP contribution in [-0.2, 0) is 6.61 Å². The van der Waals surface area contributed by atoms with Crippen molar-refractivity contribution in [2.75, 3.05) is 13.2 Å². The summed E-state index contributed by atoms with van der Waals surface area (Å²) in [5, 5.41) is 0. The molecule has 24 heavy (non-hydrogen) atoms. The lowest BCUT2D eigenvalue weighted by atomic mass is 9.96. The zero-order valence-corrected chi connectivity index (χ0v) is 13.8. The first-order valence-electron chi connectivity index (χ1n) is 8.20. The van der Waals surface area contributed by atoms with Crippen molar-refractivity contribution in [1.82, 2.24) is 0 Å². The van der Waals surface area contributed by atoms with Crippen LogP contribution in [0.2, 0.25) is 0 Å². The second-order valence-electron chi connectivity index (χ2n) is 5.58. The van der Waals surface area contributed by atoms with E-state index in [1.54, 1.807) is 31.2 Å². The predicted molar refractivity (Wildman–Crippen MR) is 87.7 cm³/mol. The Hall–Kier alpha value is -2.30. The summed E-state index contributed by atoms with van der Waals surface area (Å²) in [5.74, 6) is -0.542. The first-order valence-corrected chi connectivity index (χ1v) is 8.20. The Balaban J connectivity index is 1.98. The van der Waals surface area contributed by atoms with Gasteiger partial charge >= 0.3 is 0 Å². The first kappa shape index (κ1) is 16.6. The van der Waals surface area contributed by atoms with Crippen LogP contribution in [0.5, 0.6) is 17.2 Å². The van der Waals surface area contributed by atoms with Crippen LogP contribution in [0, 0.1) is 11.6 Å². The third kappa shape index (κ3) is 2.90. The Bertz CT molecular complexity index is 744. The van der Waals surface area contributed by atoms with E-state index in [1.807, 2.05) is 6.92 Å². The topological polar surface area (TPSA) is 27.7 Å². The zero-order chi connectivity index (χ0) is 17.1. The van der Waals surface area contributed by atoms with E-state index in [2.05, 4.69) is 0 Å². The predicted octanol–water partition coefficient (Wildman–Crippen LogP) is 5.10. The number of rotatable bonds is 6. The molecule has 2 aromatic rings. The van der Waals surface area contributed by atoms with Crippen LogP contribution in [0.25, 0.3) is 11.1 Å². The molecule has 3 rings (SSSR count). The fourth-order valence-corrected chi connectivity index (χ4v) is 2.73. The Morgan fingerprint density at radius 3 is 2.38 bits per heavy atom. The fourth-order valence-electron chi connectivity index (χ4n) is 2.73. The van der Waals surface area contributed by atoms with Gasteiger partial charge in [0.2, 0.25) is 5.82 Å². The van der Waals surface area contributed by atoms with Crippen molar-refractivity contribution in [2.45, 2.75) is 33.3 Å². The lowest BCUT2D eigenvalue weighted by molar-refractivity contribution is 0.260. The highest BCUT2D eigenvalue weighted by Crippen LogP contribution is 2.44. The average molecular weight is 334 g/mol. The van der Waals surface area contributed by atoms with E-state index in [1.165, 1.54) is 0 Å². The Labute approximate surface area is 140 Å². The molecule has 128 valence electrons. The van der Waals surface area contributed by atoms with Crippen LogP contribution in [-0.4, -0.2) is 13.2 Å². The molecule has 0 bridgehead atoms. The lowest BCUT2D eigenvalue weighted by Gasteiger charge is -2.23. The van der Waals surface area contributed by atoms with Crippen LogP contribution in [0.1, 0.15) is 32.3 Å². The molecule has 0 amide bonds. The number of ether oxygens (including phenoxy) is 3. The molecule has 0 saturated carbocycles. The van der Waals surface area contributed by atoms with Gasteiger partial charge < -0.3 is 14.2 Å². The molecule has 1 heterocycles. The smallest absolute Gasteiger partial charge is 0.207 e. The van der Waals surface area contributed by atoms with Crippen molar-refractivity contribution in [1.29, 1.82) is 0 Å². The van der Waals surface area contributed by atoms with Gasteiger partial charge in [-0.25, -0.2) is 4.39 Å². The van der Waals surface area contributed by atoms with Gasteiger partial charge in [0, 0.05) is 11.1 Å². The third-order valence-electron chi connectivity index (χ3n) is 3.98. The molecule has 0 radical (unpaired) electrons. The summed E-state index contributed by atoms with van der Waals surface area (Å²) in [7, 11) is 0.